The molecule has 7 aromatic carbocycles. The fourth-order valence-corrected chi connectivity index (χ4v) is 11.9. The monoisotopic (exact) mass is 695 g/mol. The minimum atomic E-state index is 0.123. The van der Waals surface area contributed by atoms with Crippen LogP contribution in [0.2, 0.25) is 0 Å². The molecule has 260 valence electrons. The molecule has 0 atom stereocenters. The van der Waals surface area contributed by atoms with E-state index in [1.54, 1.807) is 11.1 Å². The average Bonchev–Trinajstić information content (AvgIpc) is 3.74. The van der Waals surface area contributed by atoms with E-state index in [-0.39, 0.29) is 5.41 Å². The van der Waals surface area contributed by atoms with Gasteiger partial charge in [0.1, 0.15) is 11.2 Å². The number of fused-ring (bicyclic) bond motifs is 6. The standard InChI is InChI=1S/C52H41NO/c1-2-8-35(9-3-1)36-14-19-41(20-15-36)53(42-21-16-37(17-22-42)38-18-25-51-47(31-38)46-11-5-7-13-50(46)54-51)43-23-24-45-44-10-4-6-12-48(44)52(49(45)32-43)39-27-33-26-34(29-39)30-40(52)28-33/h1-25,31-34,39-40H,26-30H2. The minimum Gasteiger partial charge on any atom is -0.456 e. The second-order valence-corrected chi connectivity index (χ2v) is 16.6. The van der Waals surface area contributed by atoms with Gasteiger partial charge in [0.05, 0.1) is 0 Å². The summed E-state index contributed by atoms with van der Waals surface area (Å²) in [6.07, 6.45) is 7.01. The Morgan fingerprint density at radius 1 is 0.407 bits per heavy atom. The van der Waals surface area contributed by atoms with Crippen molar-refractivity contribution in [3.05, 3.63) is 175 Å². The molecule has 8 aromatic rings. The Morgan fingerprint density at radius 3 is 1.70 bits per heavy atom. The van der Waals surface area contributed by atoms with E-state index < -0.39 is 0 Å². The van der Waals surface area contributed by atoms with Gasteiger partial charge in [0.25, 0.3) is 0 Å². The quantitative estimate of drug-likeness (QED) is 0.178. The molecule has 0 amide bonds. The van der Waals surface area contributed by atoms with E-state index >= 15 is 0 Å². The molecule has 0 N–H and O–H groups in total. The average molecular weight is 696 g/mol. The van der Waals surface area contributed by atoms with Gasteiger partial charge in [-0.15, -0.1) is 0 Å². The number of anilines is 3. The van der Waals surface area contributed by atoms with Crippen molar-refractivity contribution in [3.8, 4) is 33.4 Å². The first kappa shape index (κ1) is 30.6. The van der Waals surface area contributed by atoms with Crippen LogP contribution in [-0.2, 0) is 5.41 Å². The van der Waals surface area contributed by atoms with Crippen molar-refractivity contribution in [2.24, 2.45) is 23.7 Å². The van der Waals surface area contributed by atoms with Crippen LogP contribution < -0.4 is 4.90 Å². The van der Waals surface area contributed by atoms with Crippen molar-refractivity contribution in [3.63, 3.8) is 0 Å². The second kappa shape index (κ2) is 11.6. The number of furan rings is 1. The summed E-state index contributed by atoms with van der Waals surface area (Å²) in [7, 11) is 0. The van der Waals surface area contributed by atoms with Gasteiger partial charge in [-0.25, -0.2) is 0 Å². The highest BCUT2D eigenvalue weighted by atomic mass is 16.3. The van der Waals surface area contributed by atoms with Gasteiger partial charge in [-0.2, -0.15) is 0 Å². The molecule has 1 aromatic heterocycles. The Morgan fingerprint density at radius 2 is 0.963 bits per heavy atom. The molecule has 0 unspecified atom stereocenters. The van der Waals surface area contributed by atoms with Crippen LogP contribution >= 0.6 is 0 Å². The minimum absolute atomic E-state index is 0.123. The second-order valence-electron chi connectivity index (χ2n) is 16.6. The lowest BCUT2D eigenvalue weighted by Crippen LogP contribution is -2.55. The number of hydrogen-bond donors (Lipinski definition) is 0. The van der Waals surface area contributed by atoms with Crippen molar-refractivity contribution < 1.29 is 4.42 Å². The summed E-state index contributed by atoms with van der Waals surface area (Å²) in [5, 5.41) is 2.32. The Kier molecular flexibility index (Phi) is 6.55. The molecule has 13 rings (SSSR count). The van der Waals surface area contributed by atoms with Gasteiger partial charge in [-0.3, -0.25) is 0 Å². The molecule has 2 heteroatoms. The maximum Gasteiger partial charge on any atom is 0.135 e. The van der Waals surface area contributed by atoms with E-state index in [1.165, 1.54) is 76.9 Å². The van der Waals surface area contributed by atoms with Crippen LogP contribution in [0.3, 0.4) is 0 Å². The fraction of sp³-hybridized carbons (Fsp3) is 0.192. The highest BCUT2D eigenvalue weighted by Gasteiger charge is 2.61. The van der Waals surface area contributed by atoms with E-state index in [2.05, 4.69) is 157 Å². The van der Waals surface area contributed by atoms with E-state index in [9.17, 15) is 0 Å². The molecular weight excluding hydrogens is 655 g/mol. The summed E-state index contributed by atoms with van der Waals surface area (Å²) in [6, 6.07) is 60.8. The molecule has 4 fully saturated rings. The summed E-state index contributed by atoms with van der Waals surface area (Å²) in [6.45, 7) is 0. The molecule has 5 aliphatic carbocycles. The largest absolute Gasteiger partial charge is 0.456 e. The van der Waals surface area contributed by atoms with Gasteiger partial charge in [0, 0.05) is 33.2 Å². The maximum atomic E-state index is 6.15. The SMILES string of the molecule is c1ccc(-c2ccc(N(c3ccc(-c4ccc5oc6ccccc6c5c4)cc3)c3ccc4c(c3)C3(c5ccccc5-4)C4CC5CC(C4)CC3C5)cc2)cc1. The normalized spacial score (nSPS) is 23.3. The third kappa shape index (κ3) is 4.40. The Balaban J connectivity index is 0.993. The van der Waals surface area contributed by atoms with Crippen molar-refractivity contribution in [2.75, 3.05) is 4.90 Å². The van der Waals surface area contributed by atoms with Crippen LogP contribution in [-0.4, -0.2) is 0 Å². The lowest BCUT2D eigenvalue weighted by molar-refractivity contribution is -0.0399. The summed E-state index contributed by atoms with van der Waals surface area (Å²) in [4.78, 5) is 2.48. The molecule has 4 bridgehead atoms. The number of para-hydroxylation sites is 1. The first-order valence-corrected chi connectivity index (χ1v) is 19.9. The number of rotatable bonds is 5. The Labute approximate surface area is 316 Å². The van der Waals surface area contributed by atoms with Gasteiger partial charge < -0.3 is 9.32 Å². The first-order valence-electron chi connectivity index (χ1n) is 19.9. The van der Waals surface area contributed by atoms with Crippen LogP contribution in [0.1, 0.15) is 43.2 Å². The van der Waals surface area contributed by atoms with Crippen LogP contribution in [0, 0.1) is 23.7 Å². The maximum absolute atomic E-state index is 6.15. The molecule has 0 saturated heterocycles. The highest BCUT2D eigenvalue weighted by molar-refractivity contribution is 6.06. The van der Waals surface area contributed by atoms with Crippen molar-refractivity contribution in [2.45, 2.75) is 37.5 Å². The summed E-state index contributed by atoms with van der Waals surface area (Å²) >= 11 is 0. The molecule has 1 heterocycles. The number of hydrogen-bond acceptors (Lipinski definition) is 2. The zero-order valence-electron chi connectivity index (χ0n) is 30.3. The van der Waals surface area contributed by atoms with E-state index in [0.717, 1.165) is 51.3 Å². The Bertz CT molecular complexity index is 2690. The van der Waals surface area contributed by atoms with Crippen molar-refractivity contribution >= 4 is 39.0 Å². The van der Waals surface area contributed by atoms with Gasteiger partial charge in [0.2, 0.25) is 0 Å². The predicted octanol–water partition coefficient (Wildman–Crippen LogP) is 14.1. The zero-order valence-corrected chi connectivity index (χ0v) is 30.3. The number of nitrogens with zero attached hydrogens (tertiary/aromatic N) is 1. The van der Waals surface area contributed by atoms with Crippen molar-refractivity contribution in [1.82, 2.24) is 0 Å². The molecule has 4 saturated carbocycles. The fourth-order valence-electron chi connectivity index (χ4n) is 11.9. The van der Waals surface area contributed by atoms with Crippen LogP contribution in [0.15, 0.2) is 168 Å². The summed E-state index contributed by atoms with van der Waals surface area (Å²) in [5.74, 6) is 3.30. The smallest absolute Gasteiger partial charge is 0.135 e. The van der Waals surface area contributed by atoms with Crippen LogP contribution in [0.5, 0.6) is 0 Å². The van der Waals surface area contributed by atoms with Gasteiger partial charge in [-0.05, 0) is 155 Å². The predicted molar refractivity (Wildman–Crippen MR) is 223 cm³/mol. The summed E-state index contributed by atoms with van der Waals surface area (Å²) in [5.41, 5.74) is 16.5. The molecule has 54 heavy (non-hydrogen) atoms. The molecule has 1 spiro atoms. The molecule has 0 radical (unpaired) electrons. The van der Waals surface area contributed by atoms with Crippen LogP contribution in [0.4, 0.5) is 17.1 Å². The molecule has 2 nitrogen and oxygen atoms in total. The van der Waals surface area contributed by atoms with Crippen LogP contribution in [0.25, 0.3) is 55.3 Å². The number of benzene rings is 7. The third-order valence-corrected chi connectivity index (χ3v) is 13.9. The highest BCUT2D eigenvalue weighted by Crippen LogP contribution is 2.69. The topological polar surface area (TPSA) is 16.4 Å². The van der Waals surface area contributed by atoms with E-state index in [1.807, 2.05) is 12.1 Å². The first-order chi connectivity index (χ1) is 26.7. The van der Waals surface area contributed by atoms with Gasteiger partial charge in [0.15, 0.2) is 0 Å². The van der Waals surface area contributed by atoms with Gasteiger partial charge >= 0.3 is 0 Å². The lowest BCUT2D eigenvalue weighted by atomic mass is 9.43. The lowest BCUT2D eigenvalue weighted by Gasteiger charge is -2.61. The third-order valence-electron chi connectivity index (χ3n) is 13.9. The van der Waals surface area contributed by atoms with Gasteiger partial charge in [-0.1, -0.05) is 109 Å². The molecule has 0 aliphatic heterocycles. The Hall–Kier alpha value is -5.86. The van der Waals surface area contributed by atoms with E-state index in [4.69, 9.17) is 4.42 Å². The van der Waals surface area contributed by atoms with E-state index in [0.29, 0.717) is 0 Å². The van der Waals surface area contributed by atoms with Crippen molar-refractivity contribution in [1.29, 1.82) is 0 Å². The molecular formula is C52H41NO. The zero-order chi connectivity index (χ0) is 35.4. The summed E-state index contributed by atoms with van der Waals surface area (Å²) < 4.78 is 6.15. The molecule has 5 aliphatic rings.